The number of rotatable bonds is 9. The first-order chi connectivity index (χ1) is 13.5. The number of hydrogen-bond acceptors (Lipinski definition) is 6. The second kappa shape index (κ2) is 9.57. The van der Waals surface area contributed by atoms with E-state index < -0.39 is 19.4 Å². The van der Waals surface area contributed by atoms with Crippen LogP contribution >= 0.6 is 7.37 Å². The molecule has 1 aromatic carbocycles. The third-order valence-corrected chi connectivity index (χ3v) is 7.33. The molecule has 0 aromatic heterocycles. The maximum absolute atomic E-state index is 13.2. The molecular formula is C19H27N4O4P. The zero-order valence-electron chi connectivity index (χ0n) is 16.1. The van der Waals surface area contributed by atoms with E-state index in [-0.39, 0.29) is 18.6 Å². The van der Waals surface area contributed by atoms with Crippen LogP contribution < -0.4 is 10.6 Å². The summed E-state index contributed by atoms with van der Waals surface area (Å²) in [5.41, 5.74) is 8.27. The van der Waals surface area contributed by atoms with Gasteiger partial charge in [0.05, 0.1) is 18.6 Å². The molecule has 1 aromatic rings. The van der Waals surface area contributed by atoms with Crippen molar-refractivity contribution in [3.63, 3.8) is 0 Å². The minimum absolute atomic E-state index is 0.00443. The van der Waals surface area contributed by atoms with E-state index in [1.165, 1.54) is 0 Å². The molecule has 0 radical (unpaired) electrons. The molecule has 2 heterocycles. The van der Waals surface area contributed by atoms with E-state index in [0.717, 1.165) is 12.8 Å². The largest absolute Gasteiger partial charge is 0.465 e. The molecule has 0 aliphatic carbocycles. The molecule has 2 bridgehead atoms. The van der Waals surface area contributed by atoms with Gasteiger partial charge in [-0.15, -0.1) is 0 Å². The quantitative estimate of drug-likeness (QED) is 0.169. The Morgan fingerprint density at radius 3 is 2.86 bits per heavy atom. The molecule has 8 nitrogen and oxygen atoms in total. The summed E-state index contributed by atoms with van der Waals surface area (Å²) in [5.74, 6) is -0.771. The fourth-order valence-corrected chi connectivity index (χ4v) is 5.62. The third-order valence-electron chi connectivity index (χ3n) is 5.42. The van der Waals surface area contributed by atoms with Gasteiger partial charge in [0.25, 0.3) is 0 Å². The van der Waals surface area contributed by atoms with E-state index in [2.05, 4.69) is 15.3 Å². The molecule has 9 heteroatoms. The highest BCUT2D eigenvalue weighted by Crippen LogP contribution is 2.47. The molecule has 5 atom stereocenters. The lowest BCUT2D eigenvalue weighted by Gasteiger charge is -2.37. The summed E-state index contributed by atoms with van der Waals surface area (Å²) in [4.78, 5) is 15.5. The molecule has 28 heavy (non-hydrogen) atoms. The maximum atomic E-state index is 13.2. The van der Waals surface area contributed by atoms with Gasteiger partial charge in [0.15, 0.2) is 0 Å². The Morgan fingerprint density at radius 2 is 2.11 bits per heavy atom. The van der Waals surface area contributed by atoms with Crippen molar-refractivity contribution in [2.45, 2.75) is 50.3 Å². The first-order valence-electron chi connectivity index (χ1n) is 9.76. The van der Waals surface area contributed by atoms with Crippen LogP contribution in [0, 0.1) is 5.92 Å². The summed E-state index contributed by atoms with van der Waals surface area (Å²) in [6.45, 7) is 2.29. The van der Waals surface area contributed by atoms with Crippen molar-refractivity contribution in [2.75, 3.05) is 19.8 Å². The van der Waals surface area contributed by atoms with Gasteiger partial charge in [-0.2, -0.15) is 0 Å². The minimum Gasteiger partial charge on any atom is -0.465 e. The molecule has 3 unspecified atom stereocenters. The number of ether oxygens (including phenoxy) is 1. The molecule has 1 N–H and O–H groups in total. The topological polar surface area (TPSA) is 113 Å². The van der Waals surface area contributed by atoms with Crippen molar-refractivity contribution in [3.8, 4) is 0 Å². The van der Waals surface area contributed by atoms with Crippen molar-refractivity contribution in [2.24, 2.45) is 11.0 Å². The number of benzene rings is 1. The number of nitrogens with zero attached hydrogens (tertiary/aromatic N) is 3. The summed E-state index contributed by atoms with van der Waals surface area (Å²) < 4.78 is 24.8. The van der Waals surface area contributed by atoms with Gasteiger partial charge < -0.3 is 14.6 Å². The lowest BCUT2D eigenvalue weighted by molar-refractivity contribution is -0.154. The maximum Gasteiger partial charge on any atom is 0.313 e. The van der Waals surface area contributed by atoms with Gasteiger partial charge in [-0.25, -0.2) is 0 Å². The molecule has 2 aliphatic heterocycles. The second-order valence-electron chi connectivity index (χ2n) is 7.46. The molecule has 3 rings (SSSR count). The Bertz CT molecular complexity index is 768. The summed E-state index contributed by atoms with van der Waals surface area (Å²) in [5, 5.41) is 7.60. The highest BCUT2D eigenvalue weighted by molar-refractivity contribution is 7.66. The van der Waals surface area contributed by atoms with E-state index in [1.807, 2.05) is 18.2 Å². The second-order valence-corrected chi connectivity index (χ2v) is 9.88. The molecule has 2 saturated heterocycles. The zero-order valence-corrected chi connectivity index (χ0v) is 17.0. The van der Waals surface area contributed by atoms with Crippen LogP contribution in [0.1, 0.15) is 32.1 Å². The smallest absolute Gasteiger partial charge is 0.313 e. The average Bonchev–Trinajstić information content (AvgIpc) is 3.06. The molecule has 0 saturated carbocycles. The van der Waals surface area contributed by atoms with Gasteiger partial charge in [0, 0.05) is 35.5 Å². The van der Waals surface area contributed by atoms with Crippen molar-refractivity contribution < 1.29 is 18.6 Å². The Balaban J connectivity index is 1.64. The number of esters is 1. The van der Waals surface area contributed by atoms with Gasteiger partial charge >= 0.3 is 5.97 Å². The molecule has 2 aliphatic rings. The lowest BCUT2D eigenvalue weighted by Crippen LogP contribution is -2.52. The molecule has 152 valence electrons. The highest BCUT2D eigenvalue weighted by atomic mass is 31.2. The average molecular weight is 406 g/mol. The number of hydrogen-bond donors (Lipinski definition) is 1. The van der Waals surface area contributed by atoms with Gasteiger partial charge in [-0.05, 0) is 49.8 Å². The molecule has 0 amide bonds. The van der Waals surface area contributed by atoms with Crippen LogP contribution in [0.2, 0.25) is 0 Å². The number of azide groups is 1. The highest BCUT2D eigenvalue weighted by Gasteiger charge is 2.48. The van der Waals surface area contributed by atoms with Crippen molar-refractivity contribution in [1.82, 2.24) is 5.32 Å². The Morgan fingerprint density at radius 1 is 1.32 bits per heavy atom. The number of unbranched alkanes of at least 4 members (excludes halogenated alkanes) is 1. The molecule has 0 spiro atoms. The first-order valence-corrected chi connectivity index (χ1v) is 11.8. The van der Waals surface area contributed by atoms with Gasteiger partial charge in [-0.1, -0.05) is 23.3 Å². The first kappa shape index (κ1) is 20.9. The number of carbonyl (C=O) groups excluding carboxylic acids is 1. The number of nitrogens with one attached hydrogen (secondary N) is 1. The summed E-state index contributed by atoms with van der Waals surface area (Å²) in [6.07, 6.45) is 3.41. The third kappa shape index (κ3) is 5.15. The van der Waals surface area contributed by atoms with E-state index in [0.29, 0.717) is 37.2 Å². The summed E-state index contributed by atoms with van der Waals surface area (Å²) in [6, 6.07) is 9.43. The fraction of sp³-hybridized carbons (Fsp3) is 0.632. The van der Waals surface area contributed by atoms with Gasteiger partial charge in [0.1, 0.15) is 0 Å². The van der Waals surface area contributed by atoms with Crippen LogP contribution in [0.15, 0.2) is 35.4 Å². The predicted molar refractivity (Wildman–Crippen MR) is 107 cm³/mol. The van der Waals surface area contributed by atoms with Crippen LogP contribution in [0.25, 0.3) is 10.4 Å². The summed E-state index contributed by atoms with van der Waals surface area (Å²) in [7, 11) is -3.04. The van der Waals surface area contributed by atoms with Crippen molar-refractivity contribution in [1.29, 1.82) is 0 Å². The van der Waals surface area contributed by atoms with Crippen LogP contribution in [0.5, 0.6) is 0 Å². The Hall–Kier alpha value is -1.85. The van der Waals surface area contributed by atoms with E-state index in [9.17, 15) is 9.36 Å². The normalized spacial score (nSPS) is 28.2. The van der Waals surface area contributed by atoms with E-state index >= 15 is 0 Å². The number of fused-ring (bicyclic) bond motifs is 2. The number of piperidine rings is 1. The lowest BCUT2D eigenvalue weighted by atomic mass is 9.89. The van der Waals surface area contributed by atoms with Crippen LogP contribution in [0.4, 0.5) is 0 Å². The van der Waals surface area contributed by atoms with Gasteiger partial charge in [-0.3, -0.25) is 9.36 Å². The minimum atomic E-state index is -3.04. The Labute approximate surface area is 165 Å². The standard InChI is InChI=1S/C19H27N4O4P/c1-28(25,15-7-3-2-4-8-15)27-17-13-14-9-10-16(22-14)18(17)19(24)26-12-6-5-11-21-23-20/h2-4,7-8,14,16-18,22H,5-6,9-13H2,1H3/t14?,16?,17-,18+,28?/m0/s1. The number of carbonyl (C=O) groups is 1. The van der Waals surface area contributed by atoms with Crippen molar-refractivity contribution in [3.05, 3.63) is 40.8 Å². The van der Waals surface area contributed by atoms with E-state index in [4.69, 9.17) is 14.8 Å². The predicted octanol–water partition coefficient (Wildman–Crippen LogP) is 3.38. The monoisotopic (exact) mass is 406 g/mol. The van der Waals surface area contributed by atoms with Crippen LogP contribution in [-0.4, -0.2) is 44.0 Å². The molecule has 2 fully saturated rings. The zero-order chi connectivity index (χ0) is 20.0. The SMILES string of the molecule is CP(=O)(O[C@H]1CC2CCC(N2)[C@H]1C(=O)OCCCCN=[N+]=[N-])c1ccccc1. The molecular weight excluding hydrogens is 379 g/mol. The van der Waals surface area contributed by atoms with E-state index in [1.54, 1.807) is 18.8 Å². The van der Waals surface area contributed by atoms with Crippen molar-refractivity contribution >= 4 is 18.6 Å². The Kier molecular flexibility index (Phi) is 7.13. The fourth-order valence-electron chi connectivity index (χ4n) is 4.05. The van der Waals surface area contributed by atoms with Crippen LogP contribution in [-0.2, 0) is 18.6 Å². The van der Waals surface area contributed by atoms with Gasteiger partial charge in [0.2, 0.25) is 7.37 Å². The van der Waals surface area contributed by atoms with Crippen LogP contribution in [0.3, 0.4) is 0 Å². The summed E-state index contributed by atoms with van der Waals surface area (Å²) >= 11 is 0.